The number of rotatable bonds is 4. The third kappa shape index (κ3) is 4.66. The fraction of sp³-hybridized carbons (Fsp3) is 0.545. The molecular formula is C22H30N6O. The lowest BCUT2D eigenvalue weighted by Crippen LogP contribution is -2.36. The van der Waals surface area contributed by atoms with Crippen LogP contribution in [0, 0.1) is 0 Å². The van der Waals surface area contributed by atoms with E-state index in [0.717, 1.165) is 37.8 Å². The number of anilines is 2. The zero-order valence-electron chi connectivity index (χ0n) is 17.2. The van der Waals surface area contributed by atoms with Gasteiger partial charge < -0.3 is 14.7 Å². The topological polar surface area (TPSA) is 65.5 Å². The number of pyridine rings is 1. The highest BCUT2D eigenvalue weighted by Gasteiger charge is 2.23. The lowest BCUT2D eigenvalue weighted by molar-refractivity contribution is 0.0766. The Balaban J connectivity index is 1.37. The van der Waals surface area contributed by atoms with Crippen LogP contribution in [-0.4, -0.2) is 65.0 Å². The maximum Gasteiger partial charge on any atom is 0.255 e. The molecule has 0 radical (unpaired) electrons. The van der Waals surface area contributed by atoms with Crippen LogP contribution in [0.25, 0.3) is 0 Å². The number of amides is 1. The van der Waals surface area contributed by atoms with E-state index in [4.69, 9.17) is 0 Å². The van der Waals surface area contributed by atoms with Crippen LogP contribution < -0.4 is 9.80 Å². The molecule has 0 atom stereocenters. The van der Waals surface area contributed by atoms with Gasteiger partial charge in [0.15, 0.2) is 0 Å². The van der Waals surface area contributed by atoms with Gasteiger partial charge >= 0.3 is 0 Å². The van der Waals surface area contributed by atoms with Crippen molar-refractivity contribution in [1.29, 1.82) is 0 Å². The molecule has 0 aromatic carbocycles. The van der Waals surface area contributed by atoms with Gasteiger partial charge in [-0.3, -0.25) is 4.79 Å². The Morgan fingerprint density at radius 1 is 0.966 bits per heavy atom. The first-order valence-corrected chi connectivity index (χ1v) is 10.7. The minimum Gasteiger partial charge on any atom is -0.357 e. The molecule has 0 spiro atoms. The van der Waals surface area contributed by atoms with Crippen LogP contribution in [-0.2, 0) is 0 Å². The molecule has 7 nitrogen and oxygen atoms in total. The summed E-state index contributed by atoms with van der Waals surface area (Å²) in [5, 5.41) is 0. The molecule has 0 bridgehead atoms. The second-order valence-corrected chi connectivity index (χ2v) is 7.99. The van der Waals surface area contributed by atoms with E-state index in [1.54, 1.807) is 18.6 Å². The molecule has 154 valence electrons. The Labute approximate surface area is 172 Å². The van der Waals surface area contributed by atoms with Crippen molar-refractivity contribution in [3.63, 3.8) is 0 Å². The predicted molar refractivity (Wildman–Crippen MR) is 114 cm³/mol. The van der Waals surface area contributed by atoms with Crippen molar-refractivity contribution >= 4 is 17.7 Å². The number of carbonyl (C=O) groups excluding carboxylic acids is 1. The maximum absolute atomic E-state index is 13.0. The fourth-order valence-corrected chi connectivity index (χ4v) is 4.33. The molecule has 0 N–H and O–H groups in total. The molecule has 2 aromatic heterocycles. The van der Waals surface area contributed by atoms with E-state index in [0.29, 0.717) is 18.2 Å². The highest BCUT2D eigenvalue weighted by molar-refractivity contribution is 5.94. The number of aromatic nitrogens is 3. The third-order valence-electron chi connectivity index (χ3n) is 6.10. The zero-order valence-corrected chi connectivity index (χ0v) is 17.2. The summed E-state index contributed by atoms with van der Waals surface area (Å²) in [7, 11) is 2.12. The Kier molecular flexibility index (Phi) is 6.22. The first kappa shape index (κ1) is 19.6. The van der Waals surface area contributed by atoms with Gasteiger partial charge in [-0.15, -0.1) is 0 Å². The van der Waals surface area contributed by atoms with Crippen LogP contribution in [0.3, 0.4) is 0 Å². The lowest BCUT2D eigenvalue weighted by Gasteiger charge is -2.32. The zero-order chi connectivity index (χ0) is 20.1. The van der Waals surface area contributed by atoms with Gasteiger partial charge in [0.05, 0.1) is 5.56 Å². The molecule has 4 rings (SSSR count). The van der Waals surface area contributed by atoms with E-state index in [9.17, 15) is 4.79 Å². The molecule has 7 heteroatoms. The normalized spacial score (nSPS) is 18.4. The fourth-order valence-electron chi connectivity index (χ4n) is 4.33. The highest BCUT2D eigenvalue weighted by Crippen LogP contribution is 2.25. The van der Waals surface area contributed by atoms with Gasteiger partial charge in [0.1, 0.15) is 5.82 Å². The van der Waals surface area contributed by atoms with Crippen molar-refractivity contribution in [3.8, 4) is 0 Å². The van der Waals surface area contributed by atoms with Crippen molar-refractivity contribution in [3.05, 3.63) is 42.4 Å². The molecule has 3 heterocycles. The number of hydrogen-bond donors (Lipinski definition) is 0. The molecule has 2 fully saturated rings. The predicted octanol–water partition coefficient (Wildman–Crippen LogP) is 2.99. The van der Waals surface area contributed by atoms with Crippen molar-refractivity contribution in [2.45, 2.75) is 44.6 Å². The smallest absolute Gasteiger partial charge is 0.255 e. The Morgan fingerprint density at radius 3 is 2.48 bits per heavy atom. The summed E-state index contributed by atoms with van der Waals surface area (Å²) >= 11 is 0. The van der Waals surface area contributed by atoms with Crippen molar-refractivity contribution in [2.75, 3.05) is 43.0 Å². The summed E-state index contributed by atoms with van der Waals surface area (Å²) in [5.74, 6) is 1.75. The van der Waals surface area contributed by atoms with Gasteiger partial charge in [-0.2, -0.15) is 0 Å². The molecule has 1 saturated carbocycles. The van der Waals surface area contributed by atoms with Crippen LogP contribution in [0.1, 0.15) is 48.9 Å². The minimum absolute atomic E-state index is 0.0557. The third-order valence-corrected chi connectivity index (χ3v) is 6.10. The summed E-state index contributed by atoms with van der Waals surface area (Å²) in [5.41, 5.74) is 0.662. The molecular weight excluding hydrogens is 364 g/mol. The molecule has 0 unspecified atom stereocenters. The summed E-state index contributed by atoms with van der Waals surface area (Å²) in [6.07, 6.45) is 12.6. The van der Waals surface area contributed by atoms with E-state index in [1.165, 1.54) is 32.1 Å². The van der Waals surface area contributed by atoms with E-state index in [-0.39, 0.29) is 5.91 Å². The molecule has 1 aliphatic heterocycles. The maximum atomic E-state index is 13.0. The molecule has 2 aliphatic rings. The Hall–Kier alpha value is -2.70. The van der Waals surface area contributed by atoms with Gasteiger partial charge in [0, 0.05) is 57.9 Å². The number of carbonyl (C=O) groups is 1. The summed E-state index contributed by atoms with van der Waals surface area (Å²) in [4.78, 5) is 32.6. The molecule has 1 aliphatic carbocycles. The van der Waals surface area contributed by atoms with Gasteiger partial charge in [0.2, 0.25) is 5.95 Å². The number of hydrogen-bond acceptors (Lipinski definition) is 6. The van der Waals surface area contributed by atoms with E-state index in [1.807, 2.05) is 23.1 Å². The van der Waals surface area contributed by atoms with Crippen LogP contribution in [0.2, 0.25) is 0 Å². The van der Waals surface area contributed by atoms with Crippen LogP contribution in [0.4, 0.5) is 11.8 Å². The van der Waals surface area contributed by atoms with Crippen LogP contribution in [0.5, 0.6) is 0 Å². The lowest BCUT2D eigenvalue weighted by atomic mass is 9.94. The Morgan fingerprint density at radius 2 is 1.76 bits per heavy atom. The summed E-state index contributed by atoms with van der Waals surface area (Å²) < 4.78 is 0. The Bertz CT molecular complexity index is 791. The molecule has 29 heavy (non-hydrogen) atoms. The molecule has 1 amide bonds. The van der Waals surface area contributed by atoms with Crippen LogP contribution in [0.15, 0.2) is 36.8 Å². The standard InChI is InChI=1S/C22H30N6O/c1-26(19-7-3-2-4-8-19)20-10-9-18(17-25-20)21(29)27-13-6-14-28(16-15-27)22-23-11-5-12-24-22/h5,9-12,17,19H,2-4,6-8,13-16H2,1H3. The van der Waals surface area contributed by atoms with Crippen molar-refractivity contribution in [1.82, 2.24) is 19.9 Å². The quantitative estimate of drug-likeness (QED) is 0.794. The highest BCUT2D eigenvalue weighted by atomic mass is 16.2. The van der Waals surface area contributed by atoms with Crippen LogP contribution >= 0.6 is 0 Å². The van der Waals surface area contributed by atoms with Gasteiger partial charge in [-0.05, 0) is 37.5 Å². The monoisotopic (exact) mass is 394 g/mol. The van der Waals surface area contributed by atoms with E-state index < -0.39 is 0 Å². The van der Waals surface area contributed by atoms with E-state index in [2.05, 4.69) is 31.8 Å². The van der Waals surface area contributed by atoms with Crippen molar-refractivity contribution in [2.24, 2.45) is 0 Å². The summed E-state index contributed by atoms with van der Waals surface area (Å²) in [6.45, 7) is 3.01. The molecule has 2 aromatic rings. The second-order valence-electron chi connectivity index (χ2n) is 7.99. The largest absolute Gasteiger partial charge is 0.357 e. The minimum atomic E-state index is 0.0557. The average molecular weight is 395 g/mol. The first-order valence-electron chi connectivity index (χ1n) is 10.7. The average Bonchev–Trinajstić information content (AvgIpc) is 3.06. The van der Waals surface area contributed by atoms with Gasteiger partial charge in [-0.1, -0.05) is 19.3 Å². The number of nitrogens with zero attached hydrogens (tertiary/aromatic N) is 6. The van der Waals surface area contributed by atoms with Gasteiger partial charge in [0.25, 0.3) is 5.91 Å². The van der Waals surface area contributed by atoms with Crippen molar-refractivity contribution < 1.29 is 4.79 Å². The SMILES string of the molecule is CN(c1ccc(C(=O)N2CCCN(c3ncccn3)CC2)cn1)C1CCCCC1. The summed E-state index contributed by atoms with van der Waals surface area (Å²) in [6, 6.07) is 6.30. The van der Waals surface area contributed by atoms with Gasteiger partial charge in [-0.25, -0.2) is 15.0 Å². The van der Waals surface area contributed by atoms with E-state index >= 15 is 0 Å². The first-order chi connectivity index (χ1) is 14.2. The second kappa shape index (κ2) is 9.20. The molecule has 1 saturated heterocycles.